The zero-order chi connectivity index (χ0) is 19.6. The van der Waals surface area contributed by atoms with Gasteiger partial charge in [-0.15, -0.1) is 0 Å². The van der Waals surface area contributed by atoms with E-state index in [0.29, 0.717) is 30.2 Å². The third-order valence-electron chi connectivity index (χ3n) is 4.19. The monoisotopic (exact) mass is 378 g/mol. The summed E-state index contributed by atoms with van der Waals surface area (Å²) in [7, 11) is 3.04. The van der Waals surface area contributed by atoms with Crippen LogP contribution in [-0.2, 0) is 6.18 Å². The molecule has 0 radical (unpaired) electrons. The van der Waals surface area contributed by atoms with Crippen molar-refractivity contribution in [1.29, 1.82) is 0 Å². The van der Waals surface area contributed by atoms with Crippen LogP contribution < -0.4 is 9.47 Å². The lowest BCUT2D eigenvalue weighted by molar-refractivity contribution is -0.137. The maximum Gasteiger partial charge on any atom is 0.416 e. The number of rotatable bonds is 4. The van der Waals surface area contributed by atoms with Gasteiger partial charge >= 0.3 is 6.18 Å². The van der Waals surface area contributed by atoms with E-state index in [1.54, 1.807) is 18.2 Å². The second-order valence-corrected chi connectivity index (χ2v) is 5.87. The third-order valence-corrected chi connectivity index (χ3v) is 4.19. The summed E-state index contributed by atoms with van der Waals surface area (Å²) in [5.41, 5.74) is 0.488. The fourth-order valence-electron chi connectivity index (χ4n) is 2.80. The molecule has 0 aliphatic carbocycles. The van der Waals surface area contributed by atoms with Crippen LogP contribution in [0.3, 0.4) is 0 Å². The predicted octanol–water partition coefficient (Wildman–Crippen LogP) is 3.97. The third kappa shape index (κ3) is 3.89. The Balaban J connectivity index is 1.84. The number of hydrogen-bond acceptors (Lipinski definition) is 4. The number of benzene rings is 2. The highest BCUT2D eigenvalue weighted by atomic mass is 19.4. The smallest absolute Gasteiger partial charge is 0.416 e. The molecule has 2 aromatic carbocycles. The van der Waals surface area contributed by atoms with Crippen LogP contribution in [0.15, 0.2) is 47.6 Å². The molecular weight excluding hydrogens is 361 g/mol. The van der Waals surface area contributed by atoms with Crippen molar-refractivity contribution < 1.29 is 27.4 Å². The fraction of sp³-hybridized carbons (Fsp3) is 0.263. The quantitative estimate of drug-likeness (QED) is 0.809. The van der Waals surface area contributed by atoms with Crippen LogP contribution in [0.4, 0.5) is 13.2 Å². The molecule has 0 bridgehead atoms. The number of alkyl halides is 3. The molecule has 2 aromatic rings. The second-order valence-electron chi connectivity index (χ2n) is 5.87. The summed E-state index contributed by atoms with van der Waals surface area (Å²) in [6, 6.07) is 9.60. The average Bonchev–Trinajstić information content (AvgIpc) is 3.16. The first-order valence-corrected chi connectivity index (χ1v) is 8.12. The summed E-state index contributed by atoms with van der Waals surface area (Å²) < 4.78 is 49.0. The number of ether oxygens (including phenoxy) is 2. The molecule has 0 atom stereocenters. The second kappa shape index (κ2) is 7.30. The normalized spacial score (nSPS) is 14.1. The van der Waals surface area contributed by atoms with E-state index in [2.05, 4.69) is 5.10 Å². The Labute approximate surface area is 154 Å². The summed E-state index contributed by atoms with van der Waals surface area (Å²) in [6.07, 6.45) is -4.02. The van der Waals surface area contributed by atoms with Gasteiger partial charge in [-0.3, -0.25) is 4.79 Å². The van der Waals surface area contributed by atoms with Crippen molar-refractivity contribution in [2.75, 3.05) is 20.8 Å². The molecule has 142 valence electrons. The summed E-state index contributed by atoms with van der Waals surface area (Å²) in [4.78, 5) is 12.5. The van der Waals surface area contributed by atoms with E-state index in [1.807, 2.05) is 0 Å². The van der Waals surface area contributed by atoms with Crippen LogP contribution in [-0.4, -0.2) is 37.4 Å². The van der Waals surface area contributed by atoms with E-state index in [1.165, 1.54) is 31.4 Å². The zero-order valence-electron chi connectivity index (χ0n) is 14.7. The molecule has 0 unspecified atom stereocenters. The lowest BCUT2D eigenvalue weighted by Crippen LogP contribution is -2.23. The van der Waals surface area contributed by atoms with Crippen molar-refractivity contribution in [2.45, 2.75) is 12.6 Å². The summed E-state index contributed by atoms with van der Waals surface area (Å²) in [6.45, 7) is 0.290. The van der Waals surface area contributed by atoms with Crippen molar-refractivity contribution >= 4 is 11.6 Å². The predicted molar refractivity (Wildman–Crippen MR) is 93.2 cm³/mol. The number of amides is 1. The van der Waals surface area contributed by atoms with Gasteiger partial charge in [-0.25, -0.2) is 5.01 Å². The van der Waals surface area contributed by atoms with Crippen LogP contribution in [0, 0.1) is 0 Å². The molecule has 0 aromatic heterocycles. The van der Waals surface area contributed by atoms with Gasteiger partial charge in [0.25, 0.3) is 5.91 Å². The molecule has 0 saturated heterocycles. The minimum Gasteiger partial charge on any atom is -0.493 e. The van der Waals surface area contributed by atoms with E-state index >= 15 is 0 Å². The van der Waals surface area contributed by atoms with Gasteiger partial charge in [0.05, 0.1) is 32.0 Å². The highest BCUT2D eigenvalue weighted by Gasteiger charge is 2.32. The Bertz CT molecular complexity index is 894. The number of carbonyl (C=O) groups excluding carboxylic acids is 1. The van der Waals surface area contributed by atoms with Gasteiger partial charge in [0.2, 0.25) is 0 Å². The minimum atomic E-state index is -4.50. The average molecular weight is 378 g/mol. The van der Waals surface area contributed by atoms with Gasteiger partial charge in [-0.05, 0) is 36.4 Å². The molecular formula is C19H17F3N2O3. The zero-order valence-corrected chi connectivity index (χ0v) is 14.7. The minimum absolute atomic E-state index is 0.0536. The first-order chi connectivity index (χ1) is 12.8. The molecule has 5 nitrogen and oxygen atoms in total. The van der Waals surface area contributed by atoms with Crippen LogP contribution >= 0.6 is 0 Å². The molecule has 1 heterocycles. The molecule has 1 amide bonds. The van der Waals surface area contributed by atoms with Crippen LogP contribution in [0.25, 0.3) is 0 Å². The molecule has 3 rings (SSSR count). The molecule has 27 heavy (non-hydrogen) atoms. The fourth-order valence-corrected chi connectivity index (χ4v) is 2.80. The van der Waals surface area contributed by atoms with E-state index in [0.717, 1.165) is 17.7 Å². The van der Waals surface area contributed by atoms with Crippen molar-refractivity contribution in [3.8, 4) is 11.5 Å². The molecule has 1 aliphatic rings. The van der Waals surface area contributed by atoms with Gasteiger partial charge in [0.15, 0.2) is 11.5 Å². The van der Waals surface area contributed by atoms with E-state index in [4.69, 9.17) is 9.47 Å². The van der Waals surface area contributed by atoms with Gasteiger partial charge in [-0.2, -0.15) is 18.3 Å². The van der Waals surface area contributed by atoms with Gasteiger partial charge < -0.3 is 9.47 Å². The molecule has 0 spiro atoms. The SMILES string of the molecule is COc1ccc(C2=NN(C(=O)c3cccc(C(F)(F)F)c3)CC2)cc1OC. The molecule has 1 aliphatic heterocycles. The van der Waals surface area contributed by atoms with Crippen molar-refractivity contribution in [3.63, 3.8) is 0 Å². The highest BCUT2D eigenvalue weighted by molar-refractivity contribution is 6.04. The first-order valence-electron chi connectivity index (χ1n) is 8.12. The van der Waals surface area contributed by atoms with Crippen molar-refractivity contribution in [1.82, 2.24) is 5.01 Å². The van der Waals surface area contributed by atoms with Crippen LogP contribution in [0.1, 0.15) is 27.9 Å². The Hall–Kier alpha value is -3.03. The van der Waals surface area contributed by atoms with Crippen LogP contribution in [0.5, 0.6) is 11.5 Å². The first kappa shape index (κ1) is 18.8. The Kier molecular flexibility index (Phi) is 5.07. The van der Waals surface area contributed by atoms with Crippen LogP contribution in [0.2, 0.25) is 0 Å². The Morgan fingerprint density at radius 1 is 1.07 bits per heavy atom. The lowest BCUT2D eigenvalue weighted by atomic mass is 10.1. The van der Waals surface area contributed by atoms with Gasteiger partial charge in [0.1, 0.15) is 0 Å². The van der Waals surface area contributed by atoms with Crippen molar-refractivity contribution in [2.24, 2.45) is 5.10 Å². The number of carbonyl (C=O) groups is 1. The molecule has 8 heteroatoms. The molecule has 0 fully saturated rings. The standard InChI is InChI=1S/C19H17F3N2O3/c1-26-16-7-6-12(11-17(16)27-2)15-8-9-24(23-15)18(25)13-4-3-5-14(10-13)19(20,21)22/h3-7,10-11H,8-9H2,1-2H3. The van der Waals surface area contributed by atoms with E-state index in [-0.39, 0.29) is 5.56 Å². The Morgan fingerprint density at radius 3 is 2.48 bits per heavy atom. The molecule has 0 saturated carbocycles. The number of methoxy groups -OCH3 is 2. The van der Waals surface area contributed by atoms with E-state index in [9.17, 15) is 18.0 Å². The number of halogens is 3. The summed E-state index contributed by atoms with van der Waals surface area (Å²) >= 11 is 0. The number of hydrogen-bond donors (Lipinski definition) is 0. The van der Waals surface area contributed by atoms with E-state index < -0.39 is 17.6 Å². The summed E-state index contributed by atoms with van der Waals surface area (Å²) in [5.74, 6) is 0.522. The highest BCUT2D eigenvalue weighted by Crippen LogP contribution is 2.31. The van der Waals surface area contributed by atoms with Gasteiger partial charge in [0, 0.05) is 17.5 Å². The molecule has 0 N–H and O–H groups in total. The number of nitrogens with zero attached hydrogens (tertiary/aromatic N) is 2. The largest absolute Gasteiger partial charge is 0.493 e. The number of hydrazone groups is 1. The Morgan fingerprint density at radius 2 is 1.81 bits per heavy atom. The maximum atomic E-state index is 12.9. The maximum absolute atomic E-state index is 12.9. The van der Waals surface area contributed by atoms with Gasteiger partial charge in [-0.1, -0.05) is 6.07 Å². The summed E-state index contributed by atoms with van der Waals surface area (Å²) in [5, 5.41) is 5.46. The van der Waals surface area contributed by atoms with Crippen molar-refractivity contribution in [3.05, 3.63) is 59.2 Å². The lowest BCUT2D eigenvalue weighted by Gasteiger charge is -2.13. The topological polar surface area (TPSA) is 51.1 Å².